The third kappa shape index (κ3) is 2.75. The van der Waals surface area contributed by atoms with E-state index in [4.69, 9.17) is 4.52 Å². The molecule has 4 heterocycles. The molecule has 0 aromatic carbocycles. The third-order valence-corrected chi connectivity index (χ3v) is 3.75. The molecule has 9 heteroatoms. The van der Waals surface area contributed by atoms with Crippen LogP contribution in [0.2, 0.25) is 0 Å². The summed E-state index contributed by atoms with van der Waals surface area (Å²) in [6, 6.07) is 5.58. The predicted octanol–water partition coefficient (Wildman–Crippen LogP) is 1.36. The molecule has 0 atom stereocenters. The first-order valence-electron chi connectivity index (χ1n) is 7.65. The molecule has 1 N–H and O–H groups in total. The van der Waals surface area contributed by atoms with Crippen molar-refractivity contribution in [2.75, 3.05) is 0 Å². The van der Waals surface area contributed by atoms with E-state index in [0.29, 0.717) is 23.1 Å². The molecule has 0 aliphatic heterocycles. The second-order valence-electron chi connectivity index (χ2n) is 5.57. The maximum absolute atomic E-state index is 12.5. The molecule has 0 spiro atoms. The highest BCUT2D eigenvalue weighted by atomic mass is 16.5. The van der Waals surface area contributed by atoms with Crippen LogP contribution in [-0.2, 0) is 13.6 Å². The third-order valence-electron chi connectivity index (χ3n) is 3.75. The molecular formula is C16H15N7O2. The van der Waals surface area contributed by atoms with E-state index in [1.54, 1.807) is 34.6 Å². The number of hydrogen-bond acceptors (Lipinski definition) is 6. The number of imidazole rings is 1. The summed E-state index contributed by atoms with van der Waals surface area (Å²) in [5, 5.41) is 10.8. The Hall–Kier alpha value is -3.49. The molecule has 0 aliphatic carbocycles. The van der Waals surface area contributed by atoms with Crippen molar-refractivity contribution < 1.29 is 9.32 Å². The molecule has 4 aromatic rings. The lowest BCUT2D eigenvalue weighted by Gasteiger charge is -2.03. The van der Waals surface area contributed by atoms with E-state index in [-0.39, 0.29) is 12.5 Å². The van der Waals surface area contributed by atoms with E-state index >= 15 is 0 Å². The first kappa shape index (κ1) is 15.1. The summed E-state index contributed by atoms with van der Waals surface area (Å²) in [5.41, 5.74) is 2.62. The zero-order valence-corrected chi connectivity index (χ0v) is 13.7. The van der Waals surface area contributed by atoms with Gasteiger partial charge in [-0.05, 0) is 19.1 Å². The number of carbonyl (C=O) groups is 1. The minimum Gasteiger partial charge on any atom is -0.342 e. The van der Waals surface area contributed by atoms with E-state index in [9.17, 15) is 4.79 Å². The number of fused-ring (bicyclic) bond motifs is 1. The smallest absolute Gasteiger partial charge is 0.270 e. The number of rotatable bonds is 4. The second-order valence-corrected chi connectivity index (χ2v) is 5.57. The van der Waals surface area contributed by atoms with E-state index in [0.717, 1.165) is 11.2 Å². The largest absolute Gasteiger partial charge is 0.342 e. The van der Waals surface area contributed by atoms with Crippen molar-refractivity contribution in [3.8, 4) is 11.4 Å². The molecule has 0 bridgehead atoms. The Bertz CT molecular complexity index is 1060. The Balaban J connectivity index is 1.50. The Morgan fingerprint density at radius 1 is 1.32 bits per heavy atom. The SMILES string of the molecule is Cc1nc2ccccn2c1C(=O)NCc1nc(-c2cnn(C)c2)no1. The van der Waals surface area contributed by atoms with Gasteiger partial charge < -0.3 is 9.84 Å². The molecule has 126 valence electrons. The fraction of sp³-hybridized carbons (Fsp3) is 0.188. The molecule has 0 saturated heterocycles. The van der Waals surface area contributed by atoms with Crippen LogP contribution in [0.25, 0.3) is 17.0 Å². The summed E-state index contributed by atoms with van der Waals surface area (Å²) in [6.45, 7) is 1.93. The number of pyridine rings is 1. The molecule has 4 aromatic heterocycles. The second kappa shape index (κ2) is 5.86. The standard InChI is InChI=1S/C16H15N7O2/c1-10-14(23-6-4-3-5-12(23)19-10)16(24)17-8-13-20-15(21-25-13)11-7-18-22(2)9-11/h3-7,9H,8H2,1-2H3,(H,17,24). The lowest BCUT2D eigenvalue weighted by atomic mass is 10.3. The highest BCUT2D eigenvalue weighted by Gasteiger charge is 2.17. The quantitative estimate of drug-likeness (QED) is 0.603. The monoisotopic (exact) mass is 337 g/mol. The molecule has 0 fully saturated rings. The zero-order valence-electron chi connectivity index (χ0n) is 13.7. The first-order valence-corrected chi connectivity index (χ1v) is 7.65. The van der Waals surface area contributed by atoms with Gasteiger partial charge in [0.2, 0.25) is 11.7 Å². The van der Waals surface area contributed by atoms with Crippen LogP contribution < -0.4 is 5.32 Å². The van der Waals surface area contributed by atoms with Crippen LogP contribution in [0.3, 0.4) is 0 Å². The van der Waals surface area contributed by atoms with Crippen LogP contribution in [0, 0.1) is 6.92 Å². The molecule has 25 heavy (non-hydrogen) atoms. The van der Waals surface area contributed by atoms with Crippen LogP contribution >= 0.6 is 0 Å². The number of aryl methyl sites for hydroxylation is 2. The van der Waals surface area contributed by atoms with Crippen LogP contribution in [0.5, 0.6) is 0 Å². The molecule has 0 radical (unpaired) electrons. The van der Waals surface area contributed by atoms with Crippen LogP contribution in [-0.4, -0.2) is 35.2 Å². The minimum absolute atomic E-state index is 0.131. The highest BCUT2D eigenvalue weighted by molar-refractivity contribution is 5.94. The maximum atomic E-state index is 12.5. The van der Waals surface area contributed by atoms with Gasteiger partial charge in [-0.2, -0.15) is 10.1 Å². The number of amides is 1. The molecule has 1 amide bonds. The van der Waals surface area contributed by atoms with Gasteiger partial charge in [-0.1, -0.05) is 11.2 Å². The molecular weight excluding hydrogens is 322 g/mol. The van der Waals surface area contributed by atoms with Gasteiger partial charge >= 0.3 is 0 Å². The fourth-order valence-electron chi connectivity index (χ4n) is 2.61. The number of carbonyl (C=O) groups excluding carboxylic acids is 1. The Morgan fingerprint density at radius 3 is 3.00 bits per heavy atom. The van der Waals surface area contributed by atoms with Crippen molar-refractivity contribution in [2.45, 2.75) is 13.5 Å². The number of hydrogen-bond donors (Lipinski definition) is 1. The summed E-state index contributed by atoms with van der Waals surface area (Å²) in [6.07, 6.45) is 5.24. The van der Waals surface area contributed by atoms with Gasteiger partial charge in [-0.15, -0.1) is 0 Å². The van der Waals surface area contributed by atoms with Gasteiger partial charge in [0.1, 0.15) is 11.3 Å². The van der Waals surface area contributed by atoms with Crippen LogP contribution in [0.1, 0.15) is 22.1 Å². The Labute approximate surface area is 142 Å². The molecule has 0 saturated carbocycles. The minimum atomic E-state index is -0.252. The maximum Gasteiger partial charge on any atom is 0.270 e. The van der Waals surface area contributed by atoms with Gasteiger partial charge in [-0.25, -0.2) is 4.98 Å². The van der Waals surface area contributed by atoms with Gasteiger partial charge in [0.05, 0.1) is 24.0 Å². The number of nitrogens with zero attached hydrogens (tertiary/aromatic N) is 6. The summed E-state index contributed by atoms with van der Waals surface area (Å²) in [7, 11) is 1.81. The van der Waals surface area contributed by atoms with Crippen molar-refractivity contribution in [1.82, 2.24) is 34.6 Å². The summed E-state index contributed by atoms with van der Waals surface area (Å²) in [5.74, 6) is 0.499. The van der Waals surface area contributed by atoms with Crippen molar-refractivity contribution in [1.29, 1.82) is 0 Å². The molecule has 4 rings (SSSR count). The van der Waals surface area contributed by atoms with E-state index in [1.165, 1.54) is 0 Å². The van der Waals surface area contributed by atoms with Crippen molar-refractivity contribution >= 4 is 11.6 Å². The van der Waals surface area contributed by atoms with Gasteiger partial charge in [-0.3, -0.25) is 13.9 Å². The predicted molar refractivity (Wildman–Crippen MR) is 87.6 cm³/mol. The van der Waals surface area contributed by atoms with Crippen molar-refractivity contribution in [3.05, 3.63) is 54.1 Å². The van der Waals surface area contributed by atoms with Gasteiger partial charge in [0, 0.05) is 19.4 Å². The summed E-state index contributed by atoms with van der Waals surface area (Å²) < 4.78 is 8.58. The van der Waals surface area contributed by atoms with Gasteiger partial charge in [0.15, 0.2) is 0 Å². The molecule has 9 nitrogen and oxygen atoms in total. The Morgan fingerprint density at radius 2 is 2.20 bits per heavy atom. The molecule has 0 unspecified atom stereocenters. The average Bonchev–Trinajstić information content (AvgIpc) is 3.30. The summed E-state index contributed by atoms with van der Waals surface area (Å²) >= 11 is 0. The number of aromatic nitrogens is 6. The fourth-order valence-corrected chi connectivity index (χ4v) is 2.61. The normalized spacial score (nSPS) is 11.1. The van der Waals surface area contributed by atoms with E-state index in [2.05, 4.69) is 25.5 Å². The van der Waals surface area contributed by atoms with Crippen molar-refractivity contribution in [2.24, 2.45) is 7.05 Å². The lowest BCUT2D eigenvalue weighted by Crippen LogP contribution is -2.25. The topological polar surface area (TPSA) is 103 Å². The van der Waals surface area contributed by atoms with Crippen LogP contribution in [0.15, 0.2) is 41.3 Å². The highest BCUT2D eigenvalue weighted by Crippen LogP contribution is 2.15. The van der Waals surface area contributed by atoms with E-state index in [1.807, 2.05) is 25.2 Å². The van der Waals surface area contributed by atoms with Crippen LogP contribution in [0.4, 0.5) is 0 Å². The zero-order chi connectivity index (χ0) is 17.4. The first-order chi connectivity index (χ1) is 12.1. The molecule has 0 aliphatic rings. The average molecular weight is 337 g/mol. The van der Waals surface area contributed by atoms with Gasteiger partial charge in [0.25, 0.3) is 5.91 Å². The lowest BCUT2D eigenvalue weighted by molar-refractivity contribution is 0.0939. The summed E-state index contributed by atoms with van der Waals surface area (Å²) in [4.78, 5) is 21.2. The number of nitrogens with one attached hydrogen (secondary N) is 1. The van der Waals surface area contributed by atoms with E-state index < -0.39 is 0 Å². The Kier molecular flexibility index (Phi) is 3.53. The van der Waals surface area contributed by atoms with Crippen molar-refractivity contribution in [3.63, 3.8) is 0 Å².